The van der Waals surface area contributed by atoms with Crippen LogP contribution in [0.4, 0.5) is 0 Å². The quantitative estimate of drug-likeness (QED) is 0.721. The number of hydrogen-bond acceptors (Lipinski definition) is 4. The molecule has 4 rings (SSSR count). The third kappa shape index (κ3) is 1.28. The molecule has 0 aromatic heterocycles. The lowest BCUT2D eigenvalue weighted by Crippen LogP contribution is -2.30. The van der Waals surface area contributed by atoms with Crippen molar-refractivity contribution in [3.05, 3.63) is 12.0 Å². The second kappa shape index (κ2) is 2.89. The molecule has 0 spiro atoms. The average molecular weight is 207 g/mol. The molecule has 3 aliphatic heterocycles. The van der Waals surface area contributed by atoms with Gasteiger partial charge in [0.05, 0.1) is 6.20 Å². The Labute approximate surface area is 89.8 Å². The van der Waals surface area contributed by atoms with E-state index in [9.17, 15) is 0 Å². The van der Waals surface area contributed by atoms with E-state index in [0.717, 1.165) is 5.92 Å². The number of piperidine rings is 1. The van der Waals surface area contributed by atoms with Gasteiger partial charge in [0.25, 0.3) is 0 Å². The molecule has 4 heteroatoms. The first-order valence-electron chi connectivity index (χ1n) is 6.05. The van der Waals surface area contributed by atoms with Gasteiger partial charge in [-0.05, 0) is 31.7 Å². The second-order valence-corrected chi connectivity index (χ2v) is 5.28. The zero-order valence-corrected chi connectivity index (χ0v) is 8.85. The molecule has 3 unspecified atom stereocenters. The van der Waals surface area contributed by atoms with Crippen molar-refractivity contribution in [3.63, 3.8) is 0 Å². The van der Waals surface area contributed by atoms with Crippen LogP contribution in [0.15, 0.2) is 12.0 Å². The Bertz CT molecular complexity index is 313. The Hall–Kier alpha value is -0.740. The van der Waals surface area contributed by atoms with Gasteiger partial charge in [-0.3, -0.25) is 5.01 Å². The molecular formula is C11H17N3O. The van der Waals surface area contributed by atoms with Crippen LogP contribution in [0.1, 0.15) is 19.3 Å². The summed E-state index contributed by atoms with van der Waals surface area (Å²) >= 11 is 0. The number of nitrogens with zero attached hydrogens (tertiary/aromatic N) is 2. The van der Waals surface area contributed by atoms with Gasteiger partial charge in [-0.25, -0.2) is 0 Å². The molecule has 1 N–H and O–H groups in total. The summed E-state index contributed by atoms with van der Waals surface area (Å²) in [7, 11) is 0. The lowest BCUT2D eigenvalue weighted by molar-refractivity contribution is 0.00343. The van der Waals surface area contributed by atoms with E-state index in [0.29, 0.717) is 12.0 Å². The Morgan fingerprint density at radius 3 is 2.87 bits per heavy atom. The fourth-order valence-electron chi connectivity index (χ4n) is 3.11. The molecule has 15 heavy (non-hydrogen) atoms. The molecule has 1 saturated carbocycles. The van der Waals surface area contributed by atoms with Crippen LogP contribution in [0.5, 0.6) is 0 Å². The van der Waals surface area contributed by atoms with E-state index in [1.807, 2.05) is 0 Å². The SMILES string of the molecule is C1=C(C2CN3CCC2C3)ONN1C1CC1. The van der Waals surface area contributed by atoms with Gasteiger partial charge in [0.15, 0.2) is 0 Å². The van der Waals surface area contributed by atoms with E-state index in [-0.39, 0.29) is 0 Å². The molecule has 1 aliphatic carbocycles. The fraction of sp³-hybridized carbons (Fsp3) is 0.818. The van der Waals surface area contributed by atoms with E-state index in [1.165, 1.54) is 44.7 Å². The maximum atomic E-state index is 5.61. The molecule has 82 valence electrons. The second-order valence-electron chi connectivity index (χ2n) is 5.28. The first-order valence-corrected chi connectivity index (χ1v) is 6.05. The number of nitrogens with one attached hydrogen (secondary N) is 1. The van der Waals surface area contributed by atoms with Crippen molar-refractivity contribution in [2.75, 3.05) is 19.6 Å². The lowest BCUT2D eigenvalue weighted by Gasteiger charge is -2.21. The number of hydrazine groups is 1. The first kappa shape index (κ1) is 8.42. The van der Waals surface area contributed by atoms with Gasteiger partial charge in [0, 0.05) is 25.0 Å². The number of hydrogen-bond donors (Lipinski definition) is 1. The molecule has 4 aliphatic rings. The molecule has 3 fully saturated rings. The van der Waals surface area contributed by atoms with Crippen molar-refractivity contribution in [1.82, 2.24) is 15.5 Å². The summed E-state index contributed by atoms with van der Waals surface area (Å²) in [5, 5.41) is 2.15. The van der Waals surface area contributed by atoms with E-state index in [4.69, 9.17) is 4.84 Å². The Morgan fingerprint density at radius 2 is 2.20 bits per heavy atom. The highest BCUT2D eigenvalue weighted by atomic mass is 16.7. The summed E-state index contributed by atoms with van der Waals surface area (Å²) in [6.07, 6.45) is 6.17. The Morgan fingerprint density at radius 1 is 1.27 bits per heavy atom. The van der Waals surface area contributed by atoms with Crippen molar-refractivity contribution in [2.45, 2.75) is 25.3 Å². The van der Waals surface area contributed by atoms with Crippen LogP contribution in [0.25, 0.3) is 0 Å². The number of rotatable bonds is 2. The summed E-state index contributed by atoms with van der Waals surface area (Å²) in [5.74, 6) is 2.67. The summed E-state index contributed by atoms with van der Waals surface area (Å²) in [4.78, 5) is 8.17. The smallest absolute Gasteiger partial charge is 0.148 e. The van der Waals surface area contributed by atoms with Crippen molar-refractivity contribution < 1.29 is 4.84 Å². The van der Waals surface area contributed by atoms with Crippen molar-refractivity contribution in [2.24, 2.45) is 11.8 Å². The van der Waals surface area contributed by atoms with Gasteiger partial charge < -0.3 is 9.74 Å². The molecule has 0 aromatic carbocycles. The predicted molar refractivity (Wildman–Crippen MR) is 55.2 cm³/mol. The summed E-state index contributed by atoms with van der Waals surface area (Å²) in [6, 6.07) is 0.696. The van der Waals surface area contributed by atoms with Crippen LogP contribution in [0, 0.1) is 11.8 Å². The zero-order valence-electron chi connectivity index (χ0n) is 8.85. The van der Waals surface area contributed by atoms with Crippen molar-refractivity contribution in [1.29, 1.82) is 0 Å². The third-order valence-corrected chi connectivity index (χ3v) is 4.17. The number of fused-ring (bicyclic) bond motifs is 2. The molecule has 2 bridgehead atoms. The highest BCUT2D eigenvalue weighted by Gasteiger charge is 2.43. The standard InChI is InChI=1S/C11H17N3O/c1-2-9(1)14-7-11(15-12-14)10-6-13-4-3-8(10)5-13/h7-10,12H,1-6H2. The minimum Gasteiger partial charge on any atom is -0.392 e. The van der Waals surface area contributed by atoms with Gasteiger partial charge in [-0.1, -0.05) is 5.59 Å². The average Bonchev–Trinajstić information content (AvgIpc) is 2.74. The Balaban J connectivity index is 1.51. The summed E-state index contributed by atoms with van der Waals surface area (Å²) in [5.41, 5.74) is 3.03. The van der Waals surface area contributed by atoms with Gasteiger partial charge in [-0.2, -0.15) is 0 Å². The summed E-state index contributed by atoms with van der Waals surface area (Å²) < 4.78 is 0. The normalized spacial score (nSPS) is 43.3. The highest BCUT2D eigenvalue weighted by molar-refractivity contribution is 5.10. The van der Waals surface area contributed by atoms with E-state index < -0.39 is 0 Å². The van der Waals surface area contributed by atoms with Crippen LogP contribution >= 0.6 is 0 Å². The van der Waals surface area contributed by atoms with Crippen LogP contribution in [0.2, 0.25) is 0 Å². The molecular weight excluding hydrogens is 190 g/mol. The van der Waals surface area contributed by atoms with Gasteiger partial charge in [-0.15, -0.1) is 0 Å². The van der Waals surface area contributed by atoms with Crippen LogP contribution in [0.3, 0.4) is 0 Å². The lowest BCUT2D eigenvalue weighted by atomic mass is 9.91. The van der Waals surface area contributed by atoms with Gasteiger partial charge in [0.2, 0.25) is 0 Å². The van der Waals surface area contributed by atoms with Crippen LogP contribution in [-0.2, 0) is 4.84 Å². The molecule has 2 saturated heterocycles. The largest absolute Gasteiger partial charge is 0.392 e. The van der Waals surface area contributed by atoms with E-state index in [1.54, 1.807) is 0 Å². The maximum Gasteiger partial charge on any atom is 0.148 e. The molecule has 3 atom stereocenters. The predicted octanol–water partition coefficient (Wildman–Crippen LogP) is 0.694. The monoisotopic (exact) mass is 207 g/mol. The van der Waals surface area contributed by atoms with Crippen LogP contribution in [-0.4, -0.2) is 35.6 Å². The van der Waals surface area contributed by atoms with Gasteiger partial charge >= 0.3 is 0 Å². The van der Waals surface area contributed by atoms with Crippen LogP contribution < -0.4 is 5.59 Å². The Kier molecular flexibility index (Phi) is 1.62. The molecule has 4 nitrogen and oxygen atoms in total. The highest BCUT2D eigenvalue weighted by Crippen LogP contribution is 2.39. The topological polar surface area (TPSA) is 27.7 Å². The maximum absolute atomic E-state index is 5.61. The molecule has 0 radical (unpaired) electrons. The minimum atomic E-state index is 0.648. The molecule has 0 aromatic rings. The third-order valence-electron chi connectivity index (χ3n) is 4.17. The van der Waals surface area contributed by atoms with Gasteiger partial charge in [0.1, 0.15) is 5.76 Å². The first-order chi connectivity index (χ1) is 7.40. The molecule has 3 heterocycles. The minimum absolute atomic E-state index is 0.648. The van der Waals surface area contributed by atoms with E-state index >= 15 is 0 Å². The molecule has 0 amide bonds. The van der Waals surface area contributed by atoms with E-state index in [2.05, 4.69) is 21.7 Å². The van der Waals surface area contributed by atoms with Crippen molar-refractivity contribution in [3.8, 4) is 0 Å². The fourth-order valence-corrected chi connectivity index (χ4v) is 3.11. The summed E-state index contributed by atoms with van der Waals surface area (Å²) in [6.45, 7) is 3.79. The zero-order chi connectivity index (χ0) is 9.83. The van der Waals surface area contributed by atoms with Crippen molar-refractivity contribution >= 4 is 0 Å².